The van der Waals surface area contributed by atoms with Crippen LogP contribution in [-0.4, -0.2) is 56.0 Å². The molecular weight excluding hydrogens is 652 g/mol. The number of aliphatic hydroxyl groups excluding tert-OH is 1. The Morgan fingerprint density at radius 2 is 1.95 bits per heavy atom. The molecule has 216 valence electrons. The summed E-state index contributed by atoms with van der Waals surface area (Å²) >= 11 is 6.96. The number of aliphatic hydroxyl groups is 1. The number of hydrogen-bond donors (Lipinski definition) is 4. The van der Waals surface area contributed by atoms with Crippen LogP contribution in [0.25, 0.3) is 0 Å². The Balaban J connectivity index is 1.72. The minimum absolute atomic E-state index is 0.0411. The Labute approximate surface area is 249 Å². The fourth-order valence-corrected chi connectivity index (χ4v) is 5.20. The lowest BCUT2D eigenvalue weighted by atomic mass is 9.95. The monoisotopic (exact) mass is 682 g/mol. The van der Waals surface area contributed by atoms with E-state index in [-0.39, 0.29) is 18.3 Å². The quantitative estimate of drug-likeness (QED) is 0.111. The lowest BCUT2D eigenvalue weighted by molar-refractivity contribution is -0.136. The maximum Gasteiger partial charge on any atom is 0.337 e. The molecule has 4 N–H and O–H groups in total. The number of esters is 1. The van der Waals surface area contributed by atoms with Crippen molar-refractivity contribution in [2.45, 2.75) is 46.1 Å². The number of amides is 2. The number of hydrazone groups is 1. The van der Waals surface area contributed by atoms with Crippen LogP contribution in [0.3, 0.4) is 0 Å². The second-order valence-electron chi connectivity index (χ2n) is 8.89. The molecule has 3 rings (SSSR count). The van der Waals surface area contributed by atoms with Crippen LogP contribution in [-0.2, 0) is 9.53 Å². The van der Waals surface area contributed by atoms with E-state index >= 15 is 0 Å². The van der Waals surface area contributed by atoms with Gasteiger partial charge in [0, 0.05) is 15.7 Å². The number of methoxy groups -OCH3 is 1. The number of carbonyl (C=O) groups is 2. The molecule has 2 aromatic rings. The van der Waals surface area contributed by atoms with Gasteiger partial charge >= 0.3 is 12.0 Å². The predicted molar refractivity (Wildman–Crippen MR) is 157 cm³/mol. The number of urea groups is 1. The zero-order valence-corrected chi connectivity index (χ0v) is 25.9. The van der Waals surface area contributed by atoms with Gasteiger partial charge in [0.25, 0.3) is 0 Å². The highest BCUT2D eigenvalue weighted by molar-refractivity contribution is 9.11. The van der Waals surface area contributed by atoms with Gasteiger partial charge in [-0.1, -0.05) is 22.0 Å². The van der Waals surface area contributed by atoms with Crippen LogP contribution in [0.1, 0.15) is 44.9 Å². The minimum Gasteiger partial charge on any atom is -0.490 e. The fraction of sp³-hybridized carbons (Fsp3) is 0.370. The molecule has 0 unspecified atom stereocenters. The van der Waals surface area contributed by atoms with Gasteiger partial charge in [-0.25, -0.2) is 9.59 Å². The Hall–Kier alpha value is -3.29. The molecule has 1 aliphatic rings. The highest BCUT2D eigenvalue weighted by Crippen LogP contribution is 2.35. The molecule has 0 saturated heterocycles. The van der Waals surface area contributed by atoms with E-state index in [4.69, 9.17) is 18.9 Å². The first-order valence-corrected chi connectivity index (χ1v) is 14.0. The number of halogens is 2. The second kappa shape index (κ2) is 14.4. The summed E-state index contributed by atoms with van der Waals surface area (Å²) in [6.45, 7) is 7.49. The maximum absolute atomic E-state index is 12.4. The Bertz CT molecular complexity index is 1300. The molecule has 0 radical (unpaired) electrons. The number of hydrogen-bond acceptors (Lipinski definition) is 9. The first kappa shape index (κ1) is 31.2. The predicted octanol–water partition coefficient (Wildman–Crippen LogP) is 4.52. The van der Waals surface area contributed by atoms with Crippen molar-refractivity contribution in [3.63, 3.8) is 0 Å². The molecule has 40 heavy (non-hydrogen) atoms. The summed E-state index contributed by atoms with van der Waals surface area (Å²) in [5.41, 5.74) is 4.59. The van der Waals surface area contributed by atoms with Crippen LogP contribution in [0.15, 0.2) is 55.6 Å². The van der Waals surface area contributed by atoms with Gasteiger partial charge < -0.3 is 34.7 Å². The van der Waals surface area contributed by atoms with Crippen molar-refractivity contribution in [3.05, 3.63) is 61.7 Å². The molecular formula is C27H32Br2N4O7. The van der Waals surface area contributed by atoms with Crippen molar-refractivity contribution in [2.24, 2.45) is 5.10 Å². The third kappa shape index (κ3) is 8.12. The molecule has 11 nitrogen and oxygen atoms in total. The SMILES string of the molecule is CCOc1cc([C@@H]2NC(=O)NC(C)=C2C(=O)OC)ccc1OC[C@H](O)N/N=C/c1cc(Br)cc(Br)c1OC(C)C. The lowest BCUT2D eigenvalue weighted by Gasteiger charge is -2.28. The topological polar surface area (TPSA) is 140 Å². The summed E-state index contributed by atoms with van der Waals surface area (Å²) in [6, 6.07) is 7.54. The number of rotatable bonds is 12. The van der Waals surface area contributed by atoms with Crippen LogP contribution in [0.5, 0.6) is 17.2 Å². The number of nitrogens with zero attached hydrogens (tertiary/aromatic N) is 1. The summed E-state index contributed by atoms with van der Waals surface area (Å²) in [5, 5.41) is 19.9. The summed E-state index contributed by atoms with van der Waals surface area (Å²) in [7, 11) is 1.28. The van der Waals surface area contributed by atoms with Crippen molar-refractivity contribution < 1.29 is 33.6 Å². The zero-order chi connectivity index (χ0) is 29.4. The van der Waals surface area contributed by atoms with Crippen molar-refractivity contribution in [1.82, 2.24) is 16.1 Å². The van der Waals surface area contributed by atoms with E-state index < -0.39 is 24.3 Å². The number of carbonyl (C=O) groups excluding carboxylic acids is 2. The minimum atomic E-state index is -1.14. The molecule has 13 heteroatoms. The van der Waals surface area contributed by atoms with Crippen LogP contribution in [0, 0.1) is 0 Å². The van der Waals surface area contributed by atoms with Gasteiger partial charge in [0.2, 0.25) is 0 Å². The average molecular weight is 684 g/mol. The summed E-state index contributed by atoms with van der Waals surface area (Å²) in [5.74, 6) is 0.793. The van der Waals surface area contributed by atoms with Crippen LogP contribution < -0.4 is 30.3 Å². The van der Waals surface area contributed by atoms with Crippen molar-refractivity contribution in [2.75, 3.05) is 20.3 Å². The van der Waals surface area contributed by atoms with Gasteiger partial charge in [0.15, 0.2) is 17.7 Å². The molecule has 1 aliphatic heterocycles. The van der Waals surface area contributed by atoms with Crippen molar-refractivity contribution in [1.29, 1.82) is 0 Å². The first-order valence-electron chi connectivity index (χ1n) is 12.4. The largest absolute Gasteiger partial charge is 0.490 e. The fourth-order valence-electron chi connectivity index (χ4n) is 3.85. The second-order valence-corrected chi connectivity index (χ2v) is 10.7. The van der Waals surface area contributed by atoms with E-state index in [0.717, 1.165) is 8.95 Å². The molecule has 2 amide bonds. The van der Waals surface area contributed by atoms with Gasteiger partial charge in [0.1, 0.15) is 12.4 Å². The van der Waals surface area contributed by atoms with E-state index in [0.29, 0.717) is 40.7 Å². The summed E-state index contributed by atoms with van der Waals surface area (Å²) < 4.78 is 23.9. The molecule has 0 saturated carbocycles. The molecule has 0 aliphatic carbocycles. The number of nitrogens with one attached hydrogen (secondary N) is 3. The molecule has 2 atom stereocenters. The standard InChI is InChI=1S/C27H32Br2N4O7/c1-6-38-21-10-16(24-23(26(35)37-5)15(4)31-27(36)32-24)7-8-20(21)39-13-22(34)33-30-12-17-9-18(28)11-19(29)25(17)40-14(2)3/h7-12,14,22,24,33-34H,6,13H2,1-5H3,(H2,31,32,36)/b30-12+/t22-,24-/m0/s1. The van der Waals surface area contributed by atoms with Gasteiger partial charge in [-0.3, -0.25) is 5.43 Å². The third-order valence-electron chi connectivity index (χ3n) is 5.49. The zero-order valence-electron chi connectivity index (χ0n) is 22.7. The first-order chi connectivity index (χ1) is 19.0. The van der Waals surface area contributed by atoms with Crippen molar-refractivity contribution >= 4 is 50.1 Å². The molecule has 1 heterocycles. The third-order valence-corrected chi connectivity index (χ3v) is 6.54. The van der Waals surface area contributed by atoms with Gasteiger partial charge in [-0.05, 0) is 73.5 Å². The van der Waals surface area contributed by atoms with Crippen LogP contribution >= 0.6 is 31.9 Å². The molecule has 2 aromatic carbocycles. The summed E-state index contributed by atoms with van der Waals surface area (Å²) in [4.78, 5) is 24.5. The maximum atomic E-state index is 12.4. The molecule has 0 bridgehead atoms. The van der Waals surface area contributed by atoms with E-state index in [1.165, 1.54) is 7.11 Å². The Morgan fingerprint density at radius 1 is 1.20 bits per heavy atom. The van der Waals surface area contributed by atoms with Gasteiger partial charge in [0.05, 0.1) is 42.1 Å². The highest BCUT2D eigenvalue weighted by atomic mass is 79.9. The van der Waals surface area contributed by atoms with Crippen LogP contribution in [0.4, 0.5) is 4.79 Å². The molecule has 0 fully saturated rings. The lowest BCUT2D eigenvalue weighted by Crippen LogP contribution is -2.45. The smallest absolute Gasteiger partial charge is 0.337 e. The Morgan fingerprint density at radius 3 is 2.62 bits per heavy atom. The van der Waals surface area contributed by atoms with E-state index in [1.54, 1.807) is 31.3 Å². The number of benzene rings is 2. The van der Waals surface area contributed by atoms with Crippen molar-refractivity contribution in [3.8, 4) is 17.2 Å². The number of allylic oxidation sites excluding steroid dienone is 1. The molecule has 0 aromatic heterocycles. The van der Waals surface area contributed by atoms with E-state index in [9.17, 15) is 14.7 Å². The number of ether oxygens (including phenoxy) is 4. The van der Waals surface area contributed by atoms with Gasteiger partial charge in [-0.2, -0.15) is 5.10 Å². The van der Waals surface area contributed by atoms with E-state index in [1.807, 2.05) is 32.9 Å². The summed E-state index contributed by atoms with van der Waals surface area (Å²) in [6.07, 6.45) is 0.356. The molecule has 0 spiro atoms. The van der Waals surface area contributed by atoms with E-state index in [2.05, 4.69) is 53.0 Å². The Kier molecular flexibility index (Phi) is 11.2. The van der Waals surface area contributed by atoms with Gasteiger partial charge in [-0.15, -0.1) is 0 Å². The normalized spacial score (nSPS) is 15.9. The van der Waals surface area contributed by atoms with Crippen LogP contribution in [0.2, 0.25) is 0 Å². The highest BCUT2D eigenvalue weighted by Gasteiger charge is 2.32. The average Bonchev–Trinajstić information content (AvgIpc) is 2.89.